The molecule has 2 heterocycles. The van der Waals surface area contributed by atoms with Crippen LogP contribution in [-0.4, -0.2) is 29.1 Å². The highest BCUT2D eigenvalue weighted by Gasteiger charge is 2.33. The van der Waals surface area contributed by atoms with Gasteiger partial charge in [0.1, 0.15) is 4.88 Å². The summed E-state index contributed by atoms with van der Waals surface area (Å²) in [4.78, 5) is 18.3. The van der Waals surface area contributed by atoms with Gasteiger partial charge in [0, 0.05) is 19.0 Å². The van der Waals surface area contributed by atoms with E-state index in [2.05, 4.69) is 9.88 Å². The third kappa shape index (κ3) is 1.69. The molecule has 1 aromatic rings. The first-order valence-corrected chi connectivity index (χ1v) is 6.56. The Morgan fingerprint density at radius 2 is 2.06 bits per heavy atom. The van der Waals surface area contributed by atoms with Crippen LogP contribution in [0.3, 0.4) is 0 Å². The lowest BCUT2D eigenvalue weighted by Gasteiger charge is -2.12. The Hall–Kier alpha value is -1.10. The second-order valence-corrected chi connectivity index (χ2v) is 5.46. The van der Waals surface area contributed by atoms with Gasteiger partial charge in [0.25, 0.3) is 0 Å². The molecule has 0 atom stereocenters. The number of anilines is 1. The molecule has 0 bridgehead atoms. The molecular weight excluding hydrogens is 224 g/mol. The van der Waals surface area contributed by atoms with Crippen molar-refractivity contribution in [1.29, 1.82) is 0 Å². The largest absolute Gasteiger partial charge is 0.477 e. The van der Waals surface area contributed by atoms with Gasteiger partial charge in [-0.15, -0.1) is 0 Å². The molecule has 1 aromatic heterocycles. The molecule has 0 amide bonds. The first kappa shape index (κ1) is 10.1. The molecule has 0 unspecified atom stereocenters. The number of nitrogens with zero attached hydrogens (tertiary/aromatic N) is 2. The Morgan fingerprint density at radius 1 is 1.38 bits per heavy atom. The van der Waals surface area contributed by atoms with Gasteiger partial charge in [0.2, 0.25) is 0 Å². The highest BCUT2D eigenvalue weighted by atomic mass is 32.1. The van der Waals surface area contributed by atoms with Gasteiger partial charge < -0.3 is 10.0 Å². The molecule has 1 aliphatic heterocycles. The van der Waals surface area contributed by atoms with Crippen LogP contribution in [0.15, 0.2) is 0 Å². The van der Waals surface area contributed by atoms with Gasteiger partial charge in [0.05, 0.1) is 5.69 Å². The minimum Gasteiger partial charge on any atom is -0.477 e. The third-order valence-corrected chi connectivity index (χ3v) is 4.30. The van der Waals surface area contributed by atoms with Crippen molar-refractivity contribution in [2.75, 3.05) is 18.0 Å². The summed E-state index contributed by atoms with van der Waals surface area (Å²) in [6, 6.07) is 0. The highest BCUT2D eigenvalue weighted by Crippen LogP contribution is 2.44. The van der Waals surface area contributed by atoms with Gasteiger partial charge in [-0.25, -0.2) is 9.78 Å². The predicted octanol–water partition coefficient (Wildman–Crippen LogP) is 2.32. The lowest BCUT2D eigenvalue weighted by atomic mass is 10.2. The second-order valence-electron chi connectivity index (χ2n) is 4.48. The lowest BCUT2D eigenvalue weighted by molar-refractivity contribution is 0.0700. The minimum atomic E-state index is -0.815. The third-order valence-electron chi connectivity index (χ3n) is 3.18. The topological polar surface area (TPSA) is 53.4 Å². The number of carbonyl (C=O) groups is 1. The number of hydrogen-bond donors (Lipinski definition) is 1. The van der Waals surface area contributed by atoms with Crippen LogP contribution >= 0.6 is 11.3 Å². The van der Waals surface area contributed by atoms with Gasteiger partial charge in [-0.2, -0.15) is 0 Å². The maximum Gasteiger partial charge on any atom is 0.347 e. The molecule has 0 radical (unpaired) electrons. The highest BCUT2D eigenvalue weighted by molar-refractivity contribution is 7.17. The van der Waals surface area contributed by atoms with Crippen molar-refractivity contribution in [3.05, 3.63) is 10.6 Å². The minimum absolute atomic E-state index is 0.415. The Bertz CT molecular complexity index is 420. The lowest BCUT2D eigenvalue weighted by Crippen LogP contribution is -2.17. The zero-order valence-corrected chi connectivity index (χ0v) is 9.79. The average Bonchev–Trinajstić information content (AvgIpc) is 2.83. The van der Waals surface area contributed by atoms with Crippen LogP contribution in [0, 0.1) is 0 Å². The van der Waals surface area contributed by atoms with Gasteiger partial charge in [-0.05, 0) is 25.7 Å². The zero-order chi connectivity index (χ0) is 11.1. The van der Waals surface area contributed by atoms with E-state index in [9.17, 15) is 4.79 Å². The quantitative estimate of drug-likeness (QED) is 0.878. The summed E-state index contributed by atoms with van der Waals surface area (Å²) in [5, 5.41) is 10.1. The number of carboxylic acid groups (broad SMARTS) is 1. The van der Waals surface area contributed by atoms with Gasteiger partial charge >= 0.3 is 5.97 Å². The van der Waals surface area contributed by atoms with Crippen molar-refractivity contribution in [3.63, 3.8) is 0 Å². The SMILES string of the molecule is O=C(O)c1sc(N2CCCC2)nc1C1CC1. The summed E-state index contributed by atoms with van der Waals surface area (Å²) in [7, 11) is 0. The van der Waals surface area contributed by atoms with Crippen molar-refractivity contribution in [3.8, 4) is 0 Å². The first-order chi connectivity index (χ1) is 7.75. The van der Waals surface area contributed by atoms with Gasteiger partial charge in [0.15, 0.2) is 5.13 Å². The molecule has 1 saturated heterocycles. The number of aromatic nitrogens is 1. The fraction of sp³-hybridized carbons (Fsp3) is 0.636. The van der Waals surface area contributed by atoms with E-state index < -0.39 is 5.97 Å². The van der Waals surface area contributed by atoms with Gasteiger partial charge in [-0.1, -0.05) is 11.3 Å². The number of hydrogen-bond acceptors (Lipinski definition) is 4. The molecule has 1 N–H and O–H groups in total. The van der Waals surface area contributed by atoms with Crippen molar-refractivity contribution >= 4 is 22.4 Å². The van der Waals surface area contributed by atoms with Crippen LogP contribution in [0.4, 0.5) is 5.13 Å². The summed E-state index contributed by atoms with van der Waals surface area (Å²) >= 11 is 1.35. The van der Waals surface area contributed by atoms with E-state index in [1.165, 1.54) is 24.2 Å². The number of thiazole rings is 1. The summed E-state index contributed by atoms with van der Waals surface area (Å²) in [6.07, 6.45) is 4.59. The van der Waals surface area contributed by atoms with Gasteiger partial charge in [-0.3, -0.25) is 0 Å². The molecule has 1 aliphatic carbocycles. The summed E-state index contributed by atoms with van der Waals surface area (Å²) in [5.74, 6) is -0.399. The van der Waals surface area contributed by atoms with Crippen LogP contribution in [0.5, 0.6) is 0 Å². The summed E-state index contributed by atoms with van der Waals surface area (Å²) in [6.45, 7) is 2.05. The molecule has 86 valence electrons. The average molecular weight is 238 g/mol. The van der Waals surface area contributed by atoms with Crippen LogP contribution in [-0.2, 0) is 0 Å². The van der Waals surface area contributed by atoms with Crippen LogP contribution in [0.25, 0.3) is 0 Å². The van der Waals surface area contributed by atoms with Crippen LogP contribution in [0.1, 0.15) is 47.0 Å². The molecule has 2 fully saturated rings. The van der Waals surface area contributed by atoms with E-state index >= 15 is 0 Å². The standard InChI is InChI=1S/C11H14N2O2S/c14-10(15)9-8(7-3-4-7)12-11(16-9)13-5-1-2-6-13/h7H,1-6H2,(H,14,15). The molecule has 2 aliphatic rings. The zero-order valence-electron chi connectivity index (χ0n) is 8.98. The number of aromatic carboxylic acids is 1. The maximum atomic E-state index is 11.1. The van der Waals surface area contributed by atoms with E-state index in [0.717, 1.165) is 36.8 Å². The Kier molecular flexibility index (Phi) is 2.35. The fourth-order valence-corrected chi connectivity index (χ4v) is 3.19. The summed E-state index contributed by atoms with van der Waals surface area (Å²) in [5.41, 5.74) is 0.833. The van der Waals surface area contributed by atoms with E-state index in [-0.39, 0.29) is 0 Å². The normalized spacial score (nSPS) is 20.4. The van der Waals surface area contributed by atoms with Crippen LogP contribution in [0.2, 0.25) is 0 Å². The molecular formula is C11H14N2O2S. The Morgan fingerprint density at radius 3 is 2.62 bits per heavy atom. The molecule has 0 aromatic carbocycles. The molecule has 0 spiro atoms. The van der Waals surface area contributed by atoms with Crippen LogP contribution < -0.4 is 4.90 Å². The number of rotatable bonds is 3. The van der Waals surface area contributed by atoms with Crippen molar-refractivity contribution in [2.24, 2.45) is 0 Å². The van der Waals surface area contributed by atoms with E-state index in [4.69, 9.17) is 5.11 Å². The Balaban J connectivity index is 1.94. The predicted molar refractivity (Wildman–Crippen MR) is 62.5 cm³/mol. The van der Waals surface area contributed by atoms with E-state index in [1.54, 1.807) is 0 Å². The Labute approximate surface area is 97.9 Å². The number of carboxylic acids is 1. The van der Waals surface area contributed by atoms with E-state index in [0.29, 0.717) is 10.8 Å². The molecule has 3 rings (SSSR count). The molecule has 5 heteroatoms. The summed E-state index contributed by atoms with van der Waals surface area (Å²) < 4.78 is 0. The first-order valence-electron chi connectivity index (χ1n) is 5.74. The monoisotopic (exact) mass is 238 g/mol. The molecule has 16 heavy (non-hydrogen) atoms. The smallest absolute Gasteiger partial charge is 0.347 e. The molecule has 1 saturated carbocycles. The van der Waals surface area contributed by atoms with Crippen molar-refractivity contribution in [2.45, 2.75) is 31.6 Å². The molecule has 4 nitrogen and oxygen atoms in total. The fourth-order valence-electron chi connectivity index (χ4n) is 2.15. The van der Waals surface area contributed by atoms with Crippen molar-refractivity contribution in [1.82, 2.24) is 4.98 Å². The van der Waals surface area contributed by atoms with E-state index in [1.807, 2.05) is 0 Å². The van der Waals surface area contributed by atoms with Crippen molar-refractivity contribution < 1.29 is 9.90 Å². The maximum absolute atomic E-state index is 11.1. The second kappa shape index (κ2) is 3.73.